The number of carbonyl (C=O) groups excluding carboxylic acids is 1. The van der Waals surface area contributed by atoms with Crippen molar-refractivity contribution < 1.29 is 22.7 Å². The van der Waals surface area contributed by atoms with Crippen molar-refractivity contribution in [1.82, 2.24) is 0 Å². The molecule has 86 valence electrons. The molecule has 0 saturated carbocycles. The number of nitrogens with zero attached hydrogens (tertiary/aromatic N) is 1. The van der Waals surface area contributed by atoms with Gasteiger partial charge in [-0.05, 0) is 40.5 Å². The summed E-state index contributed by atoms with van der Waals surface area (Å²) >= 11 is 2.99. The van der Waals surface area contributed by atoms with Crippen LogP contribution in [0.15, 0.2) is 21.6 Å². The number of benzene rings is 1. The van der Waals surface area contributed by atoms with Crippen molar-refractivity contribution in [2.75, 3.05) is 0 Å². The molecule has 1 aromatic carbocycles. The van der Waals surface area contributed by atoms with Crippen LogP contribution in [0.4, 0.5) is 18.9 Å². The van der Waals surface area contributed by atoms with Crippen molar-refractivity contribution in [3.8, 4) is 5.75 Å². The summed E-state index contributed by atoms with van der Waals surface area (Å²) in [5.74, 6) is -0.373. The first kappa shape index (κ1) is 12.7. The van der Waals surface area contributed by atoms with Crippen LogP contribution in [-0.4, -0.2) is 12.4 Å². The van der Waals surface area contributed by atoms with E-state index in [-0.39, 0.29) is 15.9 Å². The van der Waals surface area contributed by atoms with Gasteiger partial charge >= 0.3 is 6.36 Å². The predicted octanol–water partition coefficient (Wildman–Crippen LogP) is 3.62. The molecule has 0 bridgehead atoms. The summed E-state index contributed by atoms with van der Waals surface area (Å²) in [6.07, 6.45) is -3.43. The third-order valence-electron chi connectivity index (χ3n) is 1.62. The second-order valence-electron chi connectivity index (χ2n) is 2.82. The van der Waals surface area contributed by atoms with Crippen LogP contribution in [0.3, 0.4) is 0 Å². The van der Waals surface area contributed by atoms with E-state index >= 15 is 0 Å². The van der Waals surface area contributed by atoms with Gasteiger partial charge in [0.2, 0.25) is 6.08 Å². The topological polar surface area (TPSA) is 38.7 Å². The van der Waals surface area contributed by atoms with Gasteiger partial charge in [0.15, 0.2) is 0 Å². The molecule has 0 fully saturated rings. The van der Waals surface area contributed by atoms with Crippen LogP contribution in [0.25, 0.3) is 0 Å². The van der Waals surface area contributed by atoms with Gasteiger partial charge in [0.1, 0.15) is 5.75 Å². The first-order valence-electron chi connectivity index (χ1n) is 3.97. The summed E-state index contributed by atoms with van der Waals surface area (Å²) in [6, 6.07) is 2.21. The molecule has 0 heterocycles. The molecule has 16 heavy (non-hydrogen) atoms. The molecule has 3 nitrogen and oxygen atoms in total. The molecule has 1 rings (SSSR count). The minimum absolute atomic E-state index is 0.226. The third-order valence-corrected chi connectivity index (χ3v) is 2.22. The maximum absolute atomic E-state index is 11.9. The maximum atomic E-state index is 11.9. The number of alkyl halides is 3. The molecule has 0 aliphatic heterocycles. The lowest BCUT2D eigenvalue weighted by Crippen LogP contribution is -2.17. The van der Waals surface area contributed by atoms with Gasteiger partial charge in [-0.25, -0.2) is 4.79 Å². The fourth-order valence-corrected chi connectivity index (χ4v) is 1.71. The summed E-state index contributed by atoms with van der Waals surface area (Å²) in [7, 11) is 0. The zero-order valence-corrected chi connectivity index (χ0v) is 9.52. The molecule has 0 unspecified atom stereocenters. The third kappa shape index (κ3) is 3.36. The highest BCUT2D eigenvalue weighted by Crippen LogP contribution is 2.35. The van der Waals surface area contributed by atoms with Crippen molar-refractivity contribution in [1.29, 1.82) is 0 Å². The molecule has 0 aliphatic rings. The number of halogens is 4. The number of rotatable bonds is 2. The Morgan fingerprint density at radius 3 is 2.50 bits per heavy atom. The van der Waals surface area contributed by atoms with Gasteiger partial charge in [-0.2, -0.15) is 4.99 Å². The predicted molar refractivity (Wildman–Crippen MR) is 53.3 cm³/mol. The Kier molecular flexibility index (Phi) is 3.72. The lowest BCUT2D eigenvalue weighted by Gasteiger charge is -2.11. The molecule has 0 N–H and O–H groups in total. The summed E-state index contributed by atoms with van der Waals surface area (Å²) in [5.41, 5.74) is 0.599. The van der Waals surface area contributed by atoms with E-state index in [0.717, 1.165) is 12.1 Å². The first-order chi connectivity index (χ1) is 7.33. The number of aryl methyl sites for hydroxylation is 1. The average Bonchev–Trinajstić information content (AvgIpc) is 2.08. The Morgan fingerprint density at radius 2 is 2.06 bits per heavy atom. The minimum atomic E-state index is -4.75. The molecule has 0 aliphatic carbocycles. The van der Waals surface area contributed by atoms with E-state index in [2.05, 4.69) is 25.7 Å². The Bertz CT molecular complexity index is 430. The fourth-order valence-electron chi connectivity index (χ4n) is 1.08. The lowest BCUT2D eigenvalue weighted by molar-refractivity contribution is -0.274. The zero-order chi connectivity index (χ0) is 12.3. The highest BCUT2D eigenvalue weighted by Gasteiger charge is 2.31. The normalized spacial score (nSPS) is 10.8. The Hall–Kier alpha value is -1.33. The zero-order valence-electron chi connectivity index (χ0n) is 7.93. The van der Waals surface area contributed by atoms with Crippen molar-refractivity contribution in [2.24, 2.45) is 4.99 Å². The highest BCUT2D eigenvalue weighted by molar-refractivity contribution is 9.10. The van der Waals surface area contributed by atoms with Crippen molar-refractivity contribution in [3.63, 3.8) is 0 Å². The molecule has 0 amide bonds. The van der Waals surface area contributed by atoms with Gasteiger partial charge in [-0.1, -0.05) is 0 Å². The van der Waals surface area contributed by atoms with E-state index < -0.39 is 6.36 Å². The molecule has 0 atom stereocenters. The first-order valence-corrected chi connectivity index (χ1v) is 4.76. The quantitative estimate of drug-likeness (QED) is 0.617. The number of ether oxygens (including phenoxy) is 1. The second-order valence-corrected chi connectivity index (χ2v) is 3.68. The molecule has 0 spiro atoms. The smallest absolute Gasteiger partial charge is 0.406 e. The van der Waals surface area contributed by atoms with Gasteiger partial charge in [0.05, 0.1) is 5.69 Å². The van der Waals surface area contributed by atoms with Gasteiger partial charge in [0, 0.05) is 4.47 Å². The Morgan fingerprint density at radius 1 is 1.44 bits per heavy atom. The van der Waals surface area contributed by atoms with Crippen LogP contribution >= 0.6 is 15.9 Å². The van der Waals surface area contributed by atoms with E-state index in [0.29, 0.717) is 5.56 Å². The van der Waals surface area contributed by atoms with Crippen LogP contribution in [0.2, 0.25) is 0 Å². The molecule has 0 aromatic heterocycles. The molecular formula is C9H5BrF3NO2. The summed E-state index contributed by atoms with van der Waals surface area (Å²) < 4.78 is 39.7. The largest absolute Gasteiger partial charge is 0.573 e. The molecule has 0 radical (unpaired) electrons. The van der Waals surface area contributed by atoms with Crippen LogP contribution in [0.1, 0.15) is 5.56 Å². The van der Waals surface area contributed by atoms with Crippen LogP contribution in [0.5, 0.6) is 5.75 Å². The van der Waals surface area contributed by atoms with Crippen LogP contribution < -0.4 is 4.74 Å². The SMILES string of the molecule is Cc1cc(OC(F)(F)F)cc(Br)c1N=C=O. The van der Waals surface area contributed by atoms with Gasteiger partial charge in [0.25, 0.3) is 0 Å². The number of hydrogen-bond acceptors (Lipinski definition) is 3. The molecule has 1 aromatic rings. The molecule has 7 heteroatoms. The molecule has 0 saturated heterocycles. The van der Waals surface area contributed by atoms with Gasteiger partial charge in [-0.15, -0.1) is 13.2 Å². The number of aliphatic imine (C=N–C) groups is 1. The van der Waals surface area contributed by atoms with Crippen molar-refractivity contribution in [3.05, 3.63) is 22.2 Å². The Balaban J connectivity index is 3.14. The Labute approximate surface area is 97.1 Å². The van der Waals surface area contributed by atoms with Crippen molar-refractivity contribution >= 4 is 27.7 Å². The fraction of sp³-hybridized carbons (Fsp3) is 0.222. The lowest BCUT2D eigenvalue weighted by atomic mass is 10.2. The van der Waals surface area contributed by atoms with E-state index in [1.165, 1.54) is 13.0 Å². The summed E-state index contributed by atoms with van der Waals surface area (Å²) in [4.78, 5) is 13.4. The van der Waals surface area contributed by atoms with Crippen LogP contribution in [0, 0.1) is 6.92 Å². The number of isocyanates is 1. The standard InChI is InChI=1S/C9H5BrF3NO2/c1-5-2-6(16-9(11,12)13)3-7(10)8(5)14-4-15/h2-3H,1H3. The van der Waals surface area contributed by atoms with E-state index in [1.54, 1.807) is 0 Å². The second kappa shape index (κ2) is 4.67. The monoisotopic (exact) mass is 295 g/mol. The minimum Gasteiger partial charge on any atom is -0.406 e. The molecular weight excluding hydrogens is 291 g/mol. The highest BCUT2D eigenvalue weighted by atomic mass is 79.9. The number of hydrogen-bond donors (Lipinski definition) is 0. The van der Waals surface area contributed by atoms with E-state index in [9.17, 15) is 18.0 Å². The van der Waals surface area contributed by atoms with Gasteiger partial charge in [-0.3, -0.25) is 0 Å². The summed E-state index contributed by atoms with van der Waals surface area (Å²) in [6.45, 7) is 1.50. The van der Waals surface area contributed by atoms with Gasteiger partial charge < -0.3 is 4.74 Å². The van der Waals surface area contributed by atoms with Crippen molar-refractivity contribution in [2.45, 2.75) is 13.3 Å². The average molecular weight is 296 g/mol. The van der Waals surface area contributed by atoms with Crippen LogP contribution in [-0.2, 0) is 4.79 Å². The van der Waals surface area contributed by atoms with E-state index in [1.807, 2.05) is 0 Å². The van der Waals surface area contributed by atoms with E-state index in [4.69, 9.17) is 0 Å². The summed E-state index contributed by atoms with van der Waals surface area (Å²) in [5, 5.41) is 0. The maximum Gasteiger partial charge on any atom is 0.573 e.